The van der Waals surface area contributed by atoms with Gasteiger partial charge < -0.3 is 19.6 Å². The quantitative estimate of drug-likeness (QED) is 0.268. The van der Waals surface area contributed by atoms with Crippen LogP contribution in [0.2, 0.25) is 0 Å². The first-order valence-corrected chi connectivity index (χ1v) is 15.7. The van der Waals surface area contributed by atoms with E-state index in [0.717, 1.165) is 95.8 Å². The third-order valence-electron chi connectivity index (χ3n) is 9.35. The third kappa shape index (κ3) is 5.65. The Labute approximate surface area is 263 Å². The fourth-order valence-electron chi connectivity index (χ4n) is 6.67. The van der Waals surface area contributed by atoms with Crippen LogP contribution < -0.4 is 0 Å². The van der Waals surface area contributed by atoms with Gasteiger partial charge in [-0.1, -0.05) is 12.7 Å². The van der Waals surface area contributed by atoms with Crippen LogP contribution >= 0.6 is 0 Å². The molecule has 3 aliphatic rings. The lowest BCUT2D eigenvalue weighted by Gasteiger charge is -2.06. The van der Waals surface area contributed by atoms with Crippen molar-refractivity contribution in [2.75, 3.05) is 6.54 Å². The molecule has 8 nitrogen and oxygen atoms in total. The average Bonchev–Trinajstić information content (AvgIpc) is 3.78. The van der Waals surface area contributed by atoms with Crippen LogP contribution in [0.25, 0.3) is 50.4 Å². The lowest BCUT2D eigenvalue weighted by Crippen LogP contribution is -1.94. The van der Waals surface area contributed by atoms with Crippen LogP contribution in [0.15, 0.2) is 41.1 Å². The summed E-state index contributed by atoms with van der Waals surface area (Å²) >= 11 is 0. The van der Waals surface area contributed by atoms with Gasteiger partial charge in [0.05, 0.1) is 35.4 Å². The van der Waals surface area contributed by atoms with Gasteiger partial charge >= 0.3 is 0 Å². The van der Waals surface area contributed by atoms with Crippen LogP contribution in [-0.4, -0.2) is 38.0 Å². The van der Waals surface area contributed by atoms with E-state index in [-0.39, 0.29) is 17.6 Å². The molecule has 230 valence electrons. The van der Waals surface area contributed by atoms with E-state index in [9.17, 15) is 9.59 Å². The molecule has 45 heavy (non-hydrogen) atoms. The topological polar surface area (TPSA) is 116 Å². The van der Waals surface area contributed by atoms with Gasteiger partial charge in [0.1, 0.15) is 11.6 Å². The zero-order valence-electron chi connectivity index (χ0n) is 27.0. The van der Waals surface area contributed by atoms with Gasteiger partial charge in [-0.15, -0.1) is 0 Å². The Morgan fingerprint density at radius 1 is 0.778 bits per heavy atom. The van der Waals surface area contributed by atoms with E-state index in [0.29, 0.717) is 32.2 Å². The Kier molecular flexibility index (Phi) is 8.08. The summed E-state index contributed by atoms with van der Waals surface area (Å²) in [6, 6.07) is 8.36. The Balaban J connectivity index is 1.74. The zero-order valence-corrected chi connectivity index (χ0v) is 27.0. The maximum atomic E-state index is 12.1. The normalized spacial score (nSPS) is 16.2. The minimum atomic E-state index is -0.0261. The van der Waals surface area contributed by atoms with E-state index in [4.69, 9.17) is 9.97 Å². The van der Waals surface area contributed by atoms with Crippen molar-refractivity contribution in [2.45, 2.75) is 79.7 Å². The first-order chi connectivity index (χ1) is 21.5. The summed E-state index contributed by atoms with van der Waals surface area (Å²) in [5.41, 5.74) is 15.8. The molecule has 3 aliphatic heterocycles. The van der Waals surface area contributed by atoms with Gasteiger partial charge in [0.15, 0.2) is 0 Å². The Morgan fingerprint density at radius 2 is 1.33 bits per heavy atom. The molecule has 3 aromatic heterocycles. The lowest BCUT2D eigenvalue weighted by atomic mass is 9.97. The number of allylic oxidation sites excluding steroid dienone is 4. The molecule has 1 unspecified atom stereocenters. The molecule has 2 N–H and O–H groups in total. The average molecular weight is 601 g/mol. The molecule has 0 amide bonds. The monoisotopic (exact) mass is 600 g/mol. The Morgan fingerprint density at radius 3 is 1.87 bits per heavy atom. The number of nitrogens with one attached hydrogen (secondary N) is 2. The van der Waals surface area contributed by atoms with Crippen LogP contribution in [0.3, 0.4) is 0 Å². The fourth-order valence-corrected chi connectivity index (χ4v) is 6.67. The number of carbonyl (C=O) groups excluding carboxylic acids is 2. The van der Waals surface area contributed by atoms with E-state index >= 15 is 0 Å². The fraction of sp³-hybridized carbons (Fsp3) is 0.351. The molecule has 0 aromatic carbocycles. The maximum absolute atomic E-state index is 12.1. The van der Waals surface area contributed by atoms with Crippen molar-refractivity contribution >= 4 is 62.0 Å². The highest BCUT2D eigenvalue weighted by Crippen LogP contribution is 2.39. The summed E-state index contributed by atoms with van der Waals surface area (Å²) in [4.78, 5) is 41.7. The van der Waals surface area contributed by atoms with Gasteiger partial charge in [0.25, 0.3) is 0 Å². The number of azo groups is 1. The van der Waals surface area contributed by atoms with Gasteiger partial charge in [0.2, 0.25) is 0 Å². The van der Waals surface area contributed by atoms with Crippen molar-refractivity contribution in [3.8, 4) is 0 Å². The number of nitrogens with zero attached hydrogens (tertiary/aromatic N) is 4. The molecule has 0 radical (unpaired) electrons. The molecule has 0 spiro atoms. The second-order valence-corrected chi connectivity index (χ2v) is 12.4. The zero-order chi connectivity index (χ0) is 32.0. The predicted octanol–water partition coefficient (Wildman–Crippen LogP) is 9.07. The van der Waals surface area contributed by atoms with Crippen molar-refractivity contribution in [1.82, 2.24) is 19.9 Å². The molecular formula is C37H40N6O2. The summed E-state index contributed by atoms with van der Waals surface area (Å²) in [5.74, 6) is 0.279. The van der Waals surface area contributed by atoms with E-state index in [1.165, 1.54) is 0 Å². The van der Waals surface area contributed by atoms with Crippen molar-refractivity contribution < 1.29 is 9.59 Å². The number of H-pyrrole nitrogens is 2. The number of Topliss-reactive ketones (excluding diaryl/α,β-unsaturated/α-hetero) is 2. The SMILES string of the molecule is C=Cc1c(C)c2cc3nc(cc4nc(cc5[nH]c(cc1[nH]2)c(C)c5C1CCN=N1)C(C)=C4CCC(C)=O)C(CCC(C)=O)=C3C. The van der Waals surface area contributed by atoms with Gasteiger partial charge in [-0.2, -0.15) is 10.2 Å². The molecule has 0 saturated heterocycles. The smallest absolute Gasteiger partial charge is 0.130 e. The third-order valence-corrected chi connectivity index (χ3v) is 9.35. The summed E-state index contributed by atoms with van der Waals surface area (Å²) in [7, 11) is 0. The number of hydrogen-bond donors (Lipinski definition) is 2. The van der Waals surface area contributed by atoms with Gasteiger partial charge in [-0.25, -0.2) is 9.97 Å². The van der Waals surface area contributed by atoms with Crippen molar-refractivity contribution in [3.63, 3.8) is 0 Å². The van der Waals surface area contributed by atoms with E-state index < -0.39 is 0 Å². The summed E-state index contributed by atoms with van der Waals surface area (Å²) in [6.45, 7) is 16.5. The number of rotatable bonds is 8. The summed E-state index contributed by atoms with van der Waals surface area (Å²) in [5, 5.41) is 8.90. The van der Waals surface area contributed by atoms with Crippen molar-refractivity contribution in [3.05, 3.63) is 75.9 Å². The molecule has 6 rings (SSSR count). The number of fused-ring (bicyclic) bond motifs is 8. The number of aromatic nitrogens is 4. The number of aryl methyl sites for hydroxylation is 2. The highest BCUT2D eigenvalue weighted by atomic mass is 16.1. The molecular weight excluding hydrogens is 560 g/mol. The standard InChI is InChI=1S/C37H40N6O2/c1-8-25-21(4)29-15-30-22(5)26(11-9-19(2)44)34(40-30)18-35-27(12-10-20(3)45)23(6)31(41-35)17-36-37(28-13-14-38-43-28)24(7)32(42-36)16-33(25)39-29/h8,15-18,28,39,42H,1,9-14H2,2-7H3. The Bertz CT molecular complexity index is 2030. The van der Waals surface area contributed by atoms with Crippen molar-refractivity contribution in [1.29, 1.82) is 0 Å². The number of aromatic amines is 2. The molecule has 6 heterocycles. The van der Waals surface area contributed by atoms with Crippen LogP contribution in [0, 0.1) is 13.8 Å². The molecule has 8 heteroatoms. The first-order valence-electron chi connectivity index (χ1n) is 15.7. The summed E-state index contributed by atoms with van der Waals surface area (Å²) in [6.07, 6.45) is 4.82. The van der Waals surface area contributed by atoms with E-state index in [1.54, 1.807) is 13.8 Å². The van der Waals surface area contributed by atoms with E-state index in [2.05, 4.69) is 72.7 Å². The van der Waals surface area contributed by atoms with Gasteiger partial charge in [-0.05, 0) is 118 Å². The van der Waals surface area contributed by atoms with Crippen LogP contribution in [0.5, 0.6) is 0 Å². The summed E-state index contributed by atoms with van der Waals surface area (Å²) < 4.78 is 0. The van der Waals surface area contributed by atoms with Gasteiger partial charge in [-0.3, -0.25) is 0 Å². The van der Waals surface area contributed by atoms with Crippen LogP contribution in [0.4, 0.5) is 0 Å². The molecule has 0 aliphatic carbocycles. The molecule has 0 fully saturated rings. The molecule has 8 bridgehead atoms. The minimum absolute atomic E-state index is 0.0261. The first kappa shape index (κ1) is 30.3. The molecule has 0 saturated carbocycles. The maximum Gasteiger partial charge on any atom is 0.130 e. The number of carbonyl (C=O) groups is 2. The highest BCUT2D eigenvalue weighted by Gasteiger charge is 2.24. The molecule has 1 atom stereocenters. The largest absolute Gasteiger partial charge is 0.355 e. The van der Waals surface area contributed by atoms with Gasteiger partial charge in [0, 0.05) is 46.0 Å². The van der Waals surface area contributed by atoms with Crippen LogP contribution in [-0.2, 0) is 9.59 Å². The minimum Gasteiger partial charge on any atom is -0.355 e. The van der Waals surface area contributed by atoms with Crippen LogP contribution in [0.1, 0.15) is 111 Å². The highest BCUT2D eigenvalue weighted by molar-refractivity contribution is 5.97. The van der Waals surface area contributed by atoms with E-state index in [1.807, 2.05) is 12.1 Å². The lowest BCUT2D eigenvalue weighted by molar-refractivity contribution is -0.117. The number of hydrogen-bond acceptors (Lipinski definition) is 6. The second kappa shape index (κ2) is 12.0. The molecule has 3 aromatic rings. The Hall–Kier alpha value is -4.72. The second-order valence-electron chi connectivity index (χ2n) is 12.4. The predicted molar refractivity (Wildman–Crippen MR) is 182 cm³/mol. The number of ketones is 2. The van der Waals surface area contributed by atoms with Crippen molar-refractivity contribution in [2.24, 2.45) is 10.2 Å².